The molecule has 1 N–H and O–H groups in total. The van der Waals surface area contributed by atoms with Gasteiger partial charge >= 0.3 is 0 Å². The van der Waals surface area contributed by atoms with Gasteiger partial charge < -0.3 is 9.94 Å². The number of rotatable bonds is 2. The molecule has 92 valence electrons. The third-order valence-electron chi connectivity index (χ3n) is 3.32. The zero-order chi connectivity index (χ0) is 12.5. The van der Waals surface area contributed by atoms with Gasteiger partial charge in [-0.2, -0.15) is 0 Å². The maximum Gasteiger partial charge on any atom is 0.294 e. The standard InChI is InChI=1S/C12H15NO4/c1-12(14)10-7-3-2-5-9(10)6-4-8-11(12)17-13(15)16/h2-3,5,7,11,14H,4,6,8H2,1H3/t11-,12-/m0/s1. The summed E-state index contributed by atoms with van der Waals surface area (Å²) in [4.78, 5) is 15.1. The van der Waals surface area contributed by atoms with E-state index >= 15 is 0 Å². The van der Waals surface area contributed by atoms with Gasteiger partial charge in [0.15, 0.2) is 0 Å². The van der Waals surface area contributed by atoms with Gasteiger partial charge in [0.1, 0.15) is 11.7 Å². The van der Waals surface area contributed by atoms with Crippen molar-refractivity contribution in [3.05, 3.63) is 45.5 Å². The van der Waals surface area contributed by atoms with Gasteiger partial charge in [0.25, 0.3) is 5.09 Å². The normalized spacial score (nSPS) is 28.0. The Kier molecular flexibility index (Phi) is 3.02. The van der Waals surface area contributed by atoms with E-state index in [1.165, 1.54) is 0 Å². The average Bonchev–Trinajstić information content (AvgIpc) is 2.38. The Morgan fingerprint density at radius 2 is 2.24 bits per heavy atom. The van der Waals surface area contributed by atoms with Crippen LogP contribution in [0, 0.1) is 10.1 Å². The van der Waals surface area contributed by atoms with Crippen LogP contribution in [0.4, 0.5) is 0 Å². The molecule has 2 rings (SSSR count). The Bertz CT molecular complexity index is 430. The zero-order valence-corrected chi connectivity index (χ0v) is 9.63. The number of aliphatic hydroxyl groups is 1. The zero-order valence-electron chi connectivity index (χ0n) is 9.63. The van der Waals surface area contributed by atoms with Crippen LogP contribution >= 0.6 is 0 Å². The summed E-state index contributed by atoms with van der Waals surface area (Å²) in [6.45, 7) is 1.57. The second-order valence-electron chi connectivity index (χ2n) is 4.51. The van der Waals surface area contributed by atoms with Crippen molar-refractivity contribution in [1.29, 1.82) is 0 Å². The second kappa shape index (κ2) is 4.33. The van der Waals surface area contributed by atoms with E-state index in [0.717, 1.165) is 24.0 Å². The van der Waals surface area contributed by atoms with E-state index < -0.39 is 16.8 Å². The SMILES string of the molecule is C[C@]1(O)c2ccccc2CCC[C@@H]1O[N+](=O)[O-]. The largest absolute Gasteiger partial charge is 0.383 e. The lowest BCUT2D eigenvalue weighted by atomic mass is 9.88. The summed E-state index contributed by atoms with van der Waals surface area (Å²) in [7, 11) is 0. The van der Waals surface area contributed by atoms with Crippen molar-refractivity contribution in [3.8, 4) is 0 Å². The summed E-state index contributed by atoms with van der Waals surface area (Å²) in [5.41, 5.74) is 0.441. The van der Waals surface area contributed by atoms with Crippen molar-refractivity contribution in [1.82, 2.24) is 0 Å². The molecule has 1 aromatic rings. The summed E-state index contributed by atoms with van der Waals surface area (Å²) in [6, 6.07) is 7.47. The van der Waals surface area contributed by atoms with Crippen molar-refractivity contribution >= 4 is 0 Å². The maximum atomic E-state index is 10.5. The van der Waals surface area contributed by atoms with Crippen LogP contribution < -0.4 is 0 Å². The van der Waals surface area contributed by atoms with Gasteiger partial charge in [-0.25, -0.2) is 0 Å². The molecule has 0 saturated carbocycles. The van der Waals surface area contributed by atoms with E-state index in [0.29, 0.717) is 6.42 Å². The lowest BCUT2D eigenvalue weighted by Crippen LogP contribution is -2.39. The van der Waals surface area contributed by atoms with Crippen molar-refractivity contribution in [2.75, 3.05) is 0 Å². The molecule has 0 aromatic heterocycles. The molecule has 0 unspecified atom stereocenters. The van der Waals surface area contributed by atoms with E-state index in [9.17, 15) is 15.2 Å². The molecule has 5 heteroatoms. The minimum absolute atomic E-state index is 0.475. The second-order valence-corrected chi connectivity index (χ2v) is 4.51. The van der Waals surface area contributed by atoms with Crippen molar-refractivity contribution in [3.63, 3.8) is 0 Å². The fourth-order valence-corrected chi connectivity index (χ4v) is 2.42. The molecule has 1 aliphatic rings. The topological polar surface area (TPSA) is 72.6 Å². The molecule has 0 spiro atoms. The average molecular weight is 237 g/mol. The van der Waals surface area contributed by atoms with Crippen molar-refractivity contribution in [2.45, 2.75) is 37.9 Å². The molecule has 0 bridgehead atoms. The van der Waals surface area contributed by atoms with Crippen LogP contribution in [0.2, 0.25) is 0 Å². The highest BCUT2D eigenvalue weighted by Gasteiger charge is 2.39. The molecule has 0 radical (unpaired) electrons. The van der Waals surface area contributed by atoms with Crippen molar-refractivity contribution in [2.24, 2.45) is 0 Å². The van der Waals surface area contributed by atoms with Crippen molar-refractivity contribution < 1.29 is 15.0 Å². The molecule has 1 aliphatic carbocycles. The quantitative estimate of drug-likeness (QED) is 0.483. The van der Waals surface area contributed by atoms with E-state index in [-0.39, 0.29) is 0 Å². The van der Waals surface area contributed by atoms with Crippen LogP contribution in [-0.4, -0.2) is 16.3 Å². The molecular weight excluding hydrogens is 222 g/mol. The summed E-state index contributed by atoms with van der Waals surface area (Å²) >= 11 is 0. The van der Waals surface area contributed by atoms with E-state index in [1.807, 2.05) is 18.2 Å². The fraction of sp³-hybridized carbons (Fsp3) is 0.500. The third-order valence-corrected chi connectivity index (χ3v) is 3.32. The highest BCUT2D eigenvalue weighted by molar-refractivity contribution is 5.34. The smallest absolute Gasteiger partial charge is 0.294 e. The summed E-state index contributed by atoms with van der Waals surface area (Å²) in [6.07, 6.45) is 1.25. The van der Waals surface area contributed by atoms with Crippen LogP contribution in [0.5, 0.6) is 0 Å². The molecule has 0 heterocycles. The molecule has 2 atom stereocenters. The van der Waals surface area contributed by atoms with Crippen LogP contribution in [0.1, 0.15) is 30.9 Å². The van der Waals surface area contributed by atoms with Gasteiger partial charge in [0.2, 0.25) is 0 Å². The first-order chi connectivity index (χ1) is 8.01. The Labute approximate surface area is 99.1 Å². The lowest BCUT2D eigenvalue weighted by molar-refractivity contribution is -0.773. The first-order valence-corrected chi connectivity index (χ1v) is 5.63. The lowest BCUT2D eigenvalue weighted by Gasteiger charge is -2.30. The number of nitrogens with zero attached hydrogens (tertiary/aromatic N) is 1. The number of hydrogen-bond donors (Lipinski definition) is 1. The predicted molar refractivity (Wildman–Crippen MR) is 60.8 cm³/mol. The molecular formula is C12H15NO4. The monoisotopic (exact) mass is 237 g/mol. The minimum atomic E-state index is -1.32. The van der Waals surface area contributed by atoms with Crippen LogP contribution in [0.15, 0.2) is 24.3 Å². The van der Waals surface area contributed by atoms with Gasteiger partial charge in [0, 0.05) is 0 Å². The highest BCUT2D eigenvalue weighted by Crippen LogP contribution is 2.35. The Morgan fingerprint density at radius 3 is 2.94 bits per heavy atom. The third kappa shape index (κ3) is 2.24. The Hall–Kier alpha value is -1.62. The first kappa shape index (κ1) is 11.9. The Balaban J connectivity index is 2.39. The number of benzene rings is 1. The highest BCUT2D eigenvalue weighted by atomic mass is 17.0. The van der Waals surface area contributed by atoms with E-state index in [1.54, 1.807) is 13.0 Å². The molecule has 0 saturated heterocycles. The van der Waals surface area contributed by atoms with Gasteiger partial charge in [-0.05, 0) is 37.3 Å². The number of aryl methyl sites for hydroxylation is 1. The number of fused-ring (bicyclic) bond motifs is 1. The minimum Gasteiger partial charge on any atom is -0.383 e. The van der Waals surface area contributed by atoms with E-state index in [4.69, 9.17) is 0 Å². The maximum absolute atomic E-state index is 10.5. The van der Waals surface area contributed by atoms with Gasteiger partial charge in [-0.15, -0.1) is 10.1 Å². The molecule has 5 nitrogen and oxygen atoms in total. The van der Waals surface area contributed by atoms with Crippen LogP contribution in [0.25, 0.3) is 0 Å². The Morgan fingerprint density at radius 1 is 1.53 bits per heavy atom. The molecule has 0 fully saturated rings. The molecule has 1 aromatic carbocycles. The first-order valence-electron chi connectivity index (χ1n) is 5.63. The van der Waals surface area contributed by atoms with E-state index in [2.05, 4.69) is 4.84 Å². The predicted octanol–water partition coefficient (Wildman–Crippen LogP) is 1.81. The molecule has 0 aliphatic heterocycles. The fourth-order valence-electron chi connectivity index (χ4n) is 2.42. The van der Waals surface area contributed by atoms with Gasteiger partial charge in [0.05, 0.1) is 0 Å². The molecule has 17 heavy (non-hydrogen) atoms. The van der Waals surface area contributed by atoms with Gasteiger partial charge in [-0.1, -0.05) is 24.3 Å². The summed E-state index contributed by atoms with van der Waals surface area (Å²) < 4.78 is 0. The number of hydrogen-bond acceptors (Lipinski definition) is 4. The van der Waals surface area contributed by atoms with Crippen LogP contribution in [-0.2, 0) is 16.9 Å². The van der Waals surface area contributed by atoms with Gasteiger partial charge in [-0.3, -0.25) is 0 Å². The molecule has 0 amide bonds. The summed E-state index contributed by atoms with van der Waals surface area (Å²) in [5, 5.41) is 20.1. The summed E-state index contributed by atoms with van der Waals surface area (Å²) in [5.74, 6) is 0. The van der Waals surface area contributed by atoms with Crippen LogP contribution in [0.3, 0.4) is 0 Å².